The quantitative estimate of drug-likeness (QED) is 0.769. The molecule has 0 saturated carbocycles. The Balaban J connectivity index is 2.13. The second-order valence-electron chi connectivity index (χ2n) is 4.02. The standard InChI is InChI=1S/C13H11ClN4/c14-11-4-3-9(8-18-7-6-17-13(18)15)12-10(11)2-1-5-16-12/h1-7H,8H2,(H2,15,17). The highest BCUT2D eigenvalue weighted by atomic mass is 35.5. The van der Waals surface area contributed by atoms with Gasteiger partial charge in [0.2, 0.25) is 0 Å². The third-order valence-corrected chi connectivity index (χ3v) is 3.22. The van der Waals surface area contributed by atoms with E-state index in [2.05, 4.69) is 9.97 Å². The maximum atomic E-state index is 6.16. The molecule has 1 aromatic carbocycles. The Morgan fingerprint density at radius 2 is 2.06 bits per heavy atom. The van der Waals surface area contributed by atoms with Crippen LogP contribution in [0.15, 0.2) is 42.9 Å². The van der Waals surface area contributed by atoms with Crippen molar-refractivity contribution in [1.29, 1.82) is 0 Å². The van der Waals surface area contributed by atoms with Gasteiger partial charge < -0.3 is 10.3 Å². The van der Waals surface area contributed by atoms with Gasteiger partial charge in [-0.05, 0) is 23.8 Å². The number of fused-ring (bicyclic) bond motifs is 1. The maximum absolute atomic E-state index is 6.16. The van der Waals surface area contributed by atoms with Crippen molar-refractivity contribution in [2.24, 2.45) is 0 Å². The number of imidazole rings is 1. The van der Waals surface area contributed by atoms with E-state index in [0.29, 0.717) is 17.5 Å². The van der Waals surface area contributed by atoms with Crippen LogP contribution in [0.3, 0.4) is 0 Å². The van der Waals surface area contributed by atoms with E-state index < -0.39 is 0 Å². The number of anilines is 1. The summed E-state index contributed by atoms with van der Waals surface area (Å²) in [6.45, 7) is 0.635. The molecule has 3 rings (SSSR count). The van der Waals surface area contributed by atoms with E-state index in [1.54, 1.807) is 12.4 Å². The van der Waals surface area contributed by atoms with Crippen molar-refractivity contribution in [3.8, 4) is 0 Å². The fraction of sp³-hybridized carbons (Fsp3) is 0.0769. The lowest BCUT2D eigenvalue weighted by Gasteiger charge is -2.08. The first-order valence-corrected chi connectivity index (χ1v) is 5.92. The third-order valence-electron chi connectivity index (χ3n) is 2.89. The van der Waals surface area contributed by atoms with Crippen LogP contribution < -0.4 is 5.73 Å². The zero-order valence-electron chi connectivity index (χ0n) is 9.55. The lowest BCUT2D eigenvalue weighted by atomic mass is 10.1. The summed E-state index contributed by atoms with van der Waals surface area (Å²) in [6.07, 6.45) is 5.29. The van der Waals surface area contributed by atoms with Gasteiger partial charge in [0.05, 0.1) is 12.1 Å². The number of nitrogen functional groups attached to an aromatic ring is 1. The average molecular weight is 259 g/mol. The van der Waals surface area contributed by atoms with Crippen LogP contribution in [0.1, 0.15) is 5.56 Å². The highest BCUT2D eigenvalue weighted by Gasteiger charge is 2.07. The highest BCUT2D eigenvalue weighted by Crippen LogP contribution is 2.25. The molecule has 0 atom stereocenters. The number of nitrogens with two attached hydrogens (primary N) is 1. The van der Waals surface area contributed by atoms with E-state index in [1.165, 1.54) is 0 Å². The Hall–Kier alpha value is -2.07. The van der Waals surface area contributed by atoms with Gasteiger partial charge in [0, 0.05) is 29.0 Å². The summed E-state index contributed by atoms with van der Waals surface area (Å²) in [5.74, 6) is 0.494. The molecule has 0 spiro atoms. The van der Waals surface area contributed by atoms with Gasteiger partial charge in [0.1, 0.15) is 0 Å². The average Bonchev–Trinajstić information content (AvgIpc) is 2.79. The zero-order valence-corrected chi connectivity index (χ0v) is 10.3. The fourth-order valence-electron chi connectivity index (χ4n) is 1.98. The van der Waals surface area contributed by atoms with Gasteiger partial charge in [-0.25, -0.2) is 4.98 Å². The number of pyridine rings is 1. The molecule has 2 heterocycles. The summed E-state index contributed by atoms with van der Waals surface area (Å²) < 4.78 is 1.87. The zero-order chi connectivity index (χ0) is 12.5. The summed E-state index contributed by atoms with van der Waals surface area (Å²) in [5.41, 5.74) is 7.74. The molecule has 0 saturated heterocycles. The minimum absolute atomic E-state index is 0.494. The molecule has 0 aliphatic carbocycles. The van der Waals surface area contributed by atoms with Crippen LogP contribution in [0.2, 0.25) is 5.02 Å². The highest BCUT2D eigenvalue weighted by molar-refractivity contribution is 6.35. The molecule has 0 aliphatic rings. The van der Waals surface area contributed by atoms with Crippen LogP contribution in [0.5, 0.6) is 0 Å². The van der Waals surface area contributed by atoms with Gasteiger partial charge in [-0.15, -0.1) is 0 Å². The van der Waals surface area contributed by atoms with Crippen LogP contribution in [-0.2, 0) is 6.54 Å². The summed E-state index contributed by atoms with van der Waals surface area (Å²) in [6, 6.07) is 7.69. The summed E-state index contributed by atoms with van der Waals surface area (Å²) in [5, 5.41) is 1.66. The van der Waals surface area contributed by atoms with E-state index in [0.717, 1.165) is 16.5 Å². The van der Waals surface area contributed by atoms with Crippen LogP contribution in [0.4, 0.5) is 5.95 Å². The molecule has 3 aromatic rings. The van der Waals surface area contributed by atoms with Crippen LogP contribution in [0, 0.1) is 0 Å². The van der Waals surface area contributed by atoms with Crippen molar-refractivity contribution in [2.45, 2.75) is 6.54 Å². The predicted molar refractivity (Wildman–Crippen MR) is 72.5 cm³/mol. The number of benzene rings is 1. The van der Waals surface area contributed by atoms with Crippen molar-refractivity contribution in [1.82, 2.24) is 14.5 Å². The van der Waals surface area contributed by atoms with Crippen molar-refractivity contribution < 1.29 is 0 Å². The molecule has 0 fully saturated rings. The van der Waals surface area contributed by atoms with Crippen molar-refractivity contribution in [2.75, 3.05) is 5.73 Å². The molecule has 5 heteroatoms. The van der Waals surface area contributed by atoms with Gasteiger partial charge in [-0.2, -0.15) is 0 Å². The van der Waals surface area contributed by atoms with Crippen LogP contribution in [0.25, 0.3) is 10.9 Å². The maximum Gasteiger partial charge on any atom is 0.200 e. The monoisotopic (exact) mass is 258 g/mol. The number of rotatable bonds is 2. The van der Waals surface area contributed by atoms with E-state index in [1.807, 2.05) is 35.0 Å². The van der Waals surface area contributed by atoms with Crippen molar-refractivity contribution in [3.05, 3.63) is 53.4 Å². The Bertz CT molecular complexity index is 705. The first-order chi connectivity index (χ1) is 8.75. The lowest BCUT2D eigenvalue weighted by molar-refractivity contribution is 0.814. The van der Waals surface area contributed by atoms with Gasteiger partial charge in [-0.3, -0.25) is 4.98 Å². The number of halogens is 1. The molecule has 0 aliphatic heterocycles. The largest absolute Gasteiger partial charge is 0.369 e. The first-order valence-electron chi connectivity index (χ1n) is 5.54. The minimum atomic E-state index is 0.494. The Morgan fingerprint density at radius 3 is 2.83 bits per heavy atom. The summed E-state index contributed by atoms with van der Waals surface area (Å²) in [7, 11) is 0. The molecule has 4 nitrogen and oxygen atoms in total. The van der Waals surface area contributed by atoms with Crippen molar-refractivity contribution >= 4 is 28.5 Å². The summed E-state index contributed by atoms with van der Waals surface area (Å²) in [4.78, 5) is 8.40. The van der Waals surface area contributed by atoms with E-state index in [9.17, 15) is 0 Å². The Morgan fingerprint density at radius 1 is 1.17 bits per heavy atom. The van der Waals surface area contributed by atoms with Gasteiger partial charge in [0.15, 0.2) is 5.95 Å². The minimum Gasteiger partial charge on any atom is -0.369 e. The molecule has 0 unspecified atom stereocenters. The van der Waals surface area contributed by atoms with Gasteiger partial charge in [-0.1, -0.05) is 17.7 Å². The predicted octanol–water partition coefficient (Wildman–Crippen LogP) is 2.72. The van der Waals surface area contributed by atoms with E-state index in [4.69, 9.17) is 17.3 Å². The molecule has 18 heavy (non-hydrogen) atoms. The van der Waals surface area contributed by atoms with Crippen LogP contribution >= 0.6 is 11.6 Å². The lowest BCUT2D eigenvalue weighted by Crippen LogP contribution is -2.04. The number of hydrogen-bond donors (Lipinski definition) is 1. The molecule has 90 valence electrons. The molecule has 2 aromatic heterocycles. The third kappa shape index (κ3) is 1.80. The van der Waals surface area contributed by atoms with Gasteiger partial charge >= 0.3 is 0 Å². The first kappa shape index (κ1) is 11.0. The fourth-order valence-corrected chi connectivity index (χ4v) is 2.20. The molecular formula is C13H11ClN4. The van der Waals surface area contributed by atoms with E-state index in [-0.39, 0.29) is 0 Å². The smallest absolute Gasteiger partial charge is 0.200 e. The topological polar surface area (TPSA) is 56.7 Å². The molecular weight excluding hydrogens is 248 g/mol. The summed E-state index contributed by atoms with van der Waals surface area (Å²) >= 11 is 6.16. The molecule has 0 amide bonds. The number of nitrogens with zero attached hydrogens (tertiary/aromatic N) is 3. The van der Waals surface area contributed by atoms with E-state index >= 15 is 0 Å². The normalized spacial score (nSPS) is 10.9. The molecule has 0 bridgehead atoms. The van der Waals surface area contributed by atoms with Crippen molar-refractivity contribution in [3.63, 3.8) is 0 Å². The van der Waals surface area contributed by atoms with Crippen LogP contribution in [-0.4, -0.2) is 14.5 Å². The number of hydrogen-bond acceptors (Lipinski definition) is 3. The number of aromatic nitrogens is 3. The molecule has 2 N–H and O–H groups in total. The molecule has 0 radical (unpaired) electrons. The SMILES string of the molecule is Nc1nccn1Cc1ccc(Cl)c2cccnc12. The van der Waals surface area contributed by atoms with Gasteiger partial charge in [0.25, 0.3) is 0 Å². The second-order valence-corrected chi connectivity index (χ2v) is 4.43. The Kier molecular flexibility index (Phi) is 2.64. The second kappa shape index (κ2) is 4.31. The Labute approximate surface area is 109 Å².